The van der Waals surface area contributed by atoms with Crippen LogP contribution in [0.2, 0.25) is 5.02 Å². The average Bonchev–Trinajstić information content (AvgIpc) is 2.88. The summed E-state index contributed by atoms with van der Waals surface area (Å²) in [4.78, 5) is 30.4. The number of halogens is 2. The molecule has 4 aromatic rings. The molecule has 0 fully saturated rings. The zero-order chi connectivity index (χ0) is 25.7. The Labute approximate surface area is 221 Å². The Hall–Kier alpha value is -3.49. The van der Waals surface area contributed by atoms with Gasteiger partial charge in [0.2, 0.25) is 0 Å². The molecule has 184 valence electrons. The lowest BCUT2D eigenvalue weighted by atomic mass is 10.1. The van der Waals surface area contributed by atoms with E-state index in [9.17, 15) is 9.59 Å². The maximum Gasteiger partial charge on any atom is 0.282 e. The highest BCUT2D eigenvalue weighted by Gasteiger charge is 2.16. The molecule has 0 saturated carbocycles. The van der Waals surface area contributed by atoms with Crippen LogP contribution in [0.4, 0.5) is 5.69 Å². The molecule has 1 amide bonds. The van der Waals surface area contributed by atoms with Crippen LogP contribution < -0.4 is 15.6 Å². The highest BCUT2D eigenvalue weighted by molar-refractivity contribution is 9.10. The van der Waals surface area contributed by atoms with Crippen LogP contribution in [-0.2, 0) is 4.79 Å². The van der Waals surface area contributed by atoms with Gasteiger partial charge in [-0.2, -0.15) is 9.78 Å². The monoisotopic (exact) mass is 566 g/mol. The lowest BCUT2D eigenvalue weighted by Crippen LogP contribution is -2.24. The number of nitrogens with zero attached hydrogens (tertiary/aromatic N) is 3. The van der Waals surface area contributed by atoms with Gasteiger partial charge in [-0.15, -0.1) is 0 Å². The largest absolute Gasteiger partial charge is 0.483 e. The predicted molar refractivity (Wildman–Crippen MR) is 147 cm³/mol. The Morgan fingerprint density at radius 2 is 1.94 bits per heavy atom. The van der Waals surface area contributed by atoms with Gasteiger partial charge in [0.15, 0.2) is 6.61 Å². The first-order valence-corrected chi connectivity index (χ1v) is 12.6. The van der Waals surface area contributed by atoms with Crippen molar-refractivity contribution in [1.82, 2.24) is 9.66 Å². The second-order valence-electron chi connectivity index (χ2n) is 8.18. The Morgan fingerprint density at radius 3 is 2.69 bits per heavy atom. The van der Waals surface area contributed by atoms with E-state index in [2.05, 4.69) is 26.3 Å². The number of hydrogen-bond donors (Lipinski definition) is 1. The topological polar surface area (TPSA) is 85.6 Å². The molecule has 36 heavy (non-hydrogen) atoms. The summed E-state index contributed by atoms with van der Waals surface area (Å²) in [6, 6.07) is 19.4. The molecule has 1 N–H and O–H groups in total. The number of amides is 1. The van der Waals surface area contributed by atoms with Gasteiger partial charge in [0.25, 0.3) is 11.5 Å². The summed E-state index contributed by atoms with van der Waals surface area (Å²) in [5.41, 5.74) is 1.61. The van der Waals surface area contributed by atoms with Crippen LogP contribution in [0.15, 0.2) is 81.1 Å². The van der Waals surface area contributed by atoms with E-state index in [0.29, 0.717) is 38.8 Å². The third kappa shape index (κ3) is 6.01. The highest BCUT2D eigenvalue weighted by Crippen LogP contribution is 2.22. The number of anilines is 1. The van der Waals surface area contributed by atoms with Crippen molar-refractivity contribution in [2.75, 3.05) is 11.9 Å². The Bertz CT molecular complexity index is 1490. The molecule has 0 unspecified atom stereocenters. The minimum atomic E-state index is -0.316. The average molecular weight is 568 g/mol. The van der Waals surface area contributed by atoms with E-state index in [1.54, 1.807) is 54.7 Å². The lowest BCUT2D eigenvalue weighted by molar-refractivity contribution is -0.118. The molecule has 0 saturated heterocycles. The Balaban J connectivity index is 1.59. The van der Waals surface area contributed by atoms with Crippen molar-refractivity contribution in [3.63, 3.8) is 0 Å². The molecule has 0 aliphatic heterocycles. The first-order chi connectivity index (χ1) is 17.4. The third-order valence-corrected chi connectivity index (χ3v) is 6.35. The van der Waals surface area contributed by atoms with Crippen LogP contribution >= 0.6 is 27.5 Å². The second kappa shape index (κ2) is 11.5. The van der Waals surface area contributed by atoms with Crippen molar-refractivity contribution in [1.29, 1.82) is 0 Å². The van der Waals surface area contributed by atoms with Crippen molar-refractivity contribution in [3.8, 4) is 5.75 Å². The molecular formula is C27H24BrClN4O3. The van der Waals surface area contributed by atoms with Crippen LogP contribution in [0.3, 0.4) is 0 Å². The van der Waals surface area contributed by atoms with Crippen LogP contribution in [0.5, 0.6) is 5.75 Å². The van der Waals surface area contributed by atoms with Crippen molar-refractivity contribution in [2.45, 2.75) is 26.2 Å². The van der Waals surface area contributed by atoms with Crippen LogP contribution in [0.1, 0.15) is 37.6 Å². The summed E-state index contributed by atoms with van der Waals surface area (Å²) in [6.07, 6.45) is 2.34. The molecule has 0 bridgehead atoms. The number of nitrogens with one attached hydrogen (secondary N) is 1. The number of ether oxygens (including phenoxy) is 1. The number of para-hydroxylation sites is 1. The van der Waals surface area contributed by atoms with Gasteiger partial charge in [0.05, 0.1) is 17.1 Å². The number of hydrogen-bond acceptors (Lipinski definition) is 5. The first-order valence-electron chi connectivity index (χ1n) is 11.4. The minimum absolute atomic E-state index is 0.0194. The van der Waals surface area contributed by atoms with Crippen molar-refractivity contribution >= 4 is 56.2 Å². The zero-order valence-corrected chi connectivity index (χ0v) is 22.1. The smallest absolute Gasteiger partial charge is 0.282 e. The number of carbonyl (C=O) groups is 1. The third-order valence-electron chi connectivity index (χ3n) is 5.60. The van der Waals surface area contributed by atoms with E-state index in [-0.39, 0.29) is 24.0 Å². The second-order valence-corrected chi connectivity index (χ2v) is 9.54. The van der Waals surface area contributed by atoms with Gasteiger partial charge in [-0.1, -0.05) is 53.5 Å². The fourth-order valence-corrected chi connectivity index (χ4v) is 3.98. The molecule has 1 heterocycles. The summed E-state index contributed by atoms with van der Waals surface area (Å²) in [5, 5.41) is 8.31. The molecule has 9 heteroatoms. The zero-order valence-electron chi connectivity index (χ0n) is 19.7. The standard InChI is InChI=1S/C27H24BrClN4O3/c1-3-17(2)26-32-23-13-8-19(28)14-22(23)27(35)33(26)30-15-18-6-4-5-7-24(18)36-16-25(34)31-21-11-9-20(29)10-12-21/h4-15,17H,3,16H2,1-2H3,(H,31,34)/t17-/m0/s1. The SMILES string of the molecule is CC[C@H](C)c1nc2ccc(Br)cc2c(=O)n1N=Cc1ccccc1OCC(=O)Nc1ccc(Cl)cc1. The fraction of sp³-hybridized carbons (Fsp3) is 0.185. The van der Waals surface area contributed by atoms with Crippen LogP contribution in [0, 0.1) is 0 Å². The van der Waals surface area contributed by atoms with E-state index in [1.165, 1.54) is 4.68 Å². The van der Waals surface area contributed by atoms with E-state index in [1.807, 2.05) is 32.0 Å². The van der Waals surface area contributed by atoms with Gasteiger partial charge >= 0.3 is 0 Å². The molecule has 3 aromatic carbocycles. The van der Waals surface area contributed by atoms with Gasteiger partial charge in [-0.25, -0.2) is 4.98 Å². The molecule has 0 aliphatic carbocycles. The summed E-state index contributed by atoms with van der Waals surface area (Å²) in [7, 11) is 0. The van der Waals surface area contributed by atoms with Gasteiger partial charge in [-0.05, 0) is 61.0 Å². The number of rotatable bonds is 8. The predicted octanol–water partition coefficient (Wildman–Crippen LogP) is 6.23. The minimum Gasteiger partial charge on any atom is -0.483 e. The van der Waals surface area contributed by atoms with Gasteiger partial charge in [0, 0.05) is 26.7 Å². The van der Waals surface area contributed by atoms with Crippen LogP contribution in [0.25, 0.3) is 10.9 Å². The molecule has 0 aliphatic rings. The van der Waals surface area contributed by atoms with E-state index in [4.69, 9.17) is 21.3 Å². The maximum atomic E-state index is 13.3. The van der Waals surface area contributed by atoms with Crippen molar-refractivity contribution in [2.24, 2.45) is 5.10 Å². The number of fused-ring (bicyclic) bond motifs is 1. The van der Waals surface area contributed by atoms with Crippen molar-refractivity contribution in [3.05, 3.63) is 98.0 Å². The van der Waals surface area contributed by atoms with E-state index in [0.717, 1.165) is 10.9 Å². The van der Waals surface area contributed by atoms with Crippen LogP contribution in [-0.4, -0.2) is 28.4 Å². The summed E-state index contributed by atoms with van der Waals surface area (Å²) >= 11 is 9.31. The van der Waals surface area contributed by atoms with Gasteiger partial charge < -0.3 is 10.1 Å². The van der Waals surface area contributed by atoms with E-state index >= 15 is 0 Å². The van der Waals surface area contributed by atoms with Crippen molar-refractivity contribution < 1.29 is 9.53 Å². The fourth-order valence-electron chi connectivity index (χ4n) is 3.49. The molecule has 7 nitrogen and oxygen atoms in total. The Kier molecular flexibility index (Phi) is 8.18. The van der Waals surface area contributed by atoms with Gasteiger partial charge in [0.1, 0.15) is 11.6 Å². The van der Waals surface area contributed by atoms with E-state index < -0.39 is 0 Å². The molecule has 1 aromatic heterocycles. The first kappa shape index (κ1) is 25.6. The summed E-state index contributed by atoms with van der Waals surface area (Å²) in [6.45, 7) is 3.85. The molecule has 0 radical (unpaired) electrons. The quantitative estimate of drug-likeness (QED) is 0.256. The molecule has 4 rings (SSSR count). The highest BCUT2D eigenvalue weighted by atomic mass is 79.9. The number of aromatic nitrogens is 2. The lowest BCUT2D eigenvalue weighted by Gasteiger charge is -2.14. The summed E-state index contributed by atoms with van der Waals surface area (Å²) < 4.78 is 7.89. The molecule has 0 spiro atoms. The molecule has 1 atom stereocenters. The maximum absolute atomic E-state index is 13.3. The summed E-state index contributed by atoms with van der Waals surface area (Å²) in [5.74, 6) is 0.742. The molecular weight excluding hydrogens is 544 g/mol. The normalized spacial score (nSPS) is 12.1. The number of carbonyl (C=O) groups excluding carboxylic acids is 1. The number of benzene rings is 3. The Morgan fingerprint density at radius 1 is 1.19 bits per heavy atom. The van der Waals surface area contributed by atoms with Gasteiger partial charge in [-0.3, -0.25) is 9.59 Å².